The Morgan fingerprint density at radius 2 is 1.78 bits per heavy atom. The van der Waals surface area contributed by atoms with E-state index in [2.05, 4.69) is 42.9 Å². The summed E-state index contributed by atoms with van der Waals surface area (Å²) in [5.74, 6) is 0.744. The van der Waals surface area contributed by atoms with Gasteiger partial charge in [0.2, 0.25) is 18.7 Å². The number of nitrogens with two attached hydrogens (primary N) is 1. The number of carbonyl (C=O) groups excluding carboxylic acids is 4. The smallest absolute Gasteiger partial charge is 0.254 e. The molecule has 10 heteroatoms. The lowest BCUT2D eigenvalue weighted by atomic mass is 10.1. The Morgan fingerprint density at radius 3 is 2.37 bits per heavy atom. The minimum Gasteiger partial charge on any atom is -0.372 e. The van der Waals surface area contributed by atoms with Crippen LogP contribution in [0.15, 0.2) is 67.0 Å². The third kappa shape index (κ3) is 12.3. The Kier molecular flexibility index (Phi) is 15.5. The highest BCUT2D eigenvalue weighted by atomic mass is 16.2. The molecule has 1 aromatic heterocycles. The SMILES string of the molecule is CC(C)C.CC1CC(C#N)N(C(=O)CN(C)C(=O)c2ccc3cnccc3c2)C1.NC=O.O=CNc1ccccc1. The maximum Gasteiger partial charge on any atom is 0.254 e. The lowest BCUT2D eigenvalue weighted by Crippen LogP contribution is -2.43. The van der Waals surface area contributed by atoms with E-state index in [-0.39, 0.29) is 30.8 Å². The number of aromatic nitrogens is 1. The summed E-state index contributed by atoms with van der Waals surface area (Å²) in [6.45, 7) is 9.07. The van der Waals surface area contributed by atoms with Gasteiger partial charge in [0.05, 0.1) is 12.6 Å². The van der Waals surface area contributed by atoms with Crippen LogP contribution < -0.4 is 11.1 Å². The maximum absolute atomic E-state index is 12.6. The Balaban J connectivity index is 0.000000431. The average molecular weight is 561 g/mol. The summed E-state index contributed by atoms with van der Waals surface area (Å²) in [7, 11) is 1.61. The van der Waals surface area contributed by atoms with Gasteiger partial charge in [-0.2, -0.15) is 5.26 Å². The fourth-order valence-electron chi connectivity index (χ4n) is 3.85. The molecule has 3 aromatic rings. The molecule has 1 saturated heterocycles. The molecule has 41 heavy (non-hydrogen) atoms. The highest BCUT2D eigenvalue weighted by Gasteiger charge is 2.33. The number of hydrogen-bond donors (Lipinski definition) is 2. The summed E-state index contributed by atoms with van der Waals surface area (Å²) < 4.78 is 0. The van der Waals surface area contributed by atoms with Crippen molar-refractivity contribution in [3.8, 4) is 6.07 Å². The number of primary amides is 1. The van der Waals surface area contributed by atoms with Crippen LogP contribution in [0.2, 0.25) is 0 Å². The first-order valence-corrected chi connectivity index (χ1v) is 13.3. The summed E-state index contributed by atoms with van der Waals surface area (Å²) >= 11 is 0. The van der Waals surface area contributed by atoms with Gasteiger partial charge in [0.25, 0.3) is 5.91 Å². The minimum absolute atomic E-state index is 0.0296. The van der Waals surface area contributed by atoms with Crippen molar-refractivity contribution in [1.29, 1.82) is 5.26 Å². The molecule has 0 spiro atoms. The van der Waals surface area contributed by atoms with E-state index in [0.29, 0.717) is 30.9 Å². The second-order valence-electron chi connectivity index (χ2n) is 10.1. The third-order valence-corrected chi connectivity index (χ3v) is 5.59. The lowest BCUT2D eigenvalue weighted by Gasteiger charge is -2.24. The van der Waals surface area contributed by atoms with Crippen LogP contribution in [0, 0.1) is 23.2 Å². The molecule has 1 aliphatic heterocycles. The van der Waals surface area contributed by atoms with E-state index in [1.54, 1.807) is 36.5 Å². The van der Waals surface area contributed by atoms with E-state index in [0.717, 1.165) is 22.4 Å². The molecule has 10 nitrogen and oxygen atoms in total. The Morgan fingerprint density at radius 1 is 1.15 bits per heavy atom. The van der Waals surface area contributed by atoms with Gasteiger partial charge < -0.3 is 20.9 Å². The van der Waals surface area contributed by atoms with Gasteiger partial charge in [0.15, 0.2) is 0 Å². The number of likely N-dealkylation sites (N-methyl/N-ethyl adjacent to an activating group) is 1. The van der Waals surface area contributed by atoms with Gasteiger partial charge in [-0.1, -0.05) is 52.0 Å². The van der Waals surface area contributed by atoms with Gasteiger partial charge in [-0.05, 0) is 54.0 Å². The van der Waals surface area contributed by atoms with Gasteiger partial charge in [-0.15, -0.1) is 0 Å². The first kappa shape index (κ1) is 34.2. The van der Waals surface area contributed by atoms with Crippen molar-refractivity contribution in [3.05, 3.63) is 72.6 Å². The number of nitrogens with zero attached hydrogens (tertiary/aromatic N) is 4. The van der Waals surface area contributed by atoms with E-state index in [1.165, 1.54) is 4.90 Å². The molecule has 2 unspecified atom stereocenters. The fraction of sp³-hybridized carbons (Fsp3) is 0.355. The lowest BCUT2D eigenvalue weighted by molar-refractivity contribution is -0.131. The van der Waals surface area contributed by atoms with Crippen LogP contribution in [-0.2, 0) is 14.4 Å². The van der Waals surface area contributed by atoms with E-state index in [9.17, 15) is 19.6 Å². The van der Waals surface area contributed by atoms with Crippen LogP contribution in [0.5, 0.6) is 0 Å². The molecule has 0 bridgehead atoms. The summed E-state index contributed by atoms with van der Waals surface area (Å²) in [5, 5.41) is 13.6. The summed E-state index contributed by atoms with van der Waals surface area (Å²) in [4.78, 5) is 50.6. The van der Waals surface area contributed by atoms with E-state index in [1.807, 2.05) is 49.4 Å². The van der Waals surface area contributed by atoms with Gasteiger partial charge in [-0.25, -0.2) is 0 Å². The Bertz CT molecular complexity index is 1290. The Hall–Kier alpha value is -4.78. The van der Waals surface area contributed by atoms with Gasteiger partial charge in [0, 0.05) is 42.6 Å². The molecule has 0 radical (unpaired) electrons. The van der Waals surface area contributed by atoms with Crippen molar-refractivity contribution >= 4 is 41.1 Å². The number of likely N-dealkylation sites (tertiary alicyclic amines) is 1. The maximum atomic E-state index is 12.6. The molecule has 4 amide bonds. The predicted molar refractivity (Wildman–Crippen MR) is 160 cm³/mol. The molecule has 4 rings (SSSR count). The topological polar surface area (TPSA) is 149 Å². The minimum atomic E-state index is -0.390. The third-order valence-electron chi connectivity index (χ3n) is 5.59. The second kappa shape index (κ2) is 18.5. The van der Waals surface area contributed by atoms with Crippen LogP contribution in [0.3, 0.4) is 0 Å². The number of benzene rings is 2. The van der Waals surface area contributed by atoms with Crippen LogP contribution in [0.1, 0.15) is 44.5 Å². The van der Waals surface area contributed by atoms with Crippen molar-refractivity contribution in [3.63, 3.8) is 0 Å². The molecule has 2 heterocycles. The number of pyridine rings is 1. The zero-order valence-corrected chi connectivity index (χ0v) is 24.4. The average Bonchev–Trinajstić information content (AvgIpc) is 3.34. The van der Waals surface area contributed by atoms with Crippen molar-refractivity contribution < 1.29 is 19.2 Å². The van der Waals surface area contributed by atoms with Crippen molar-refractivity contribution in [2.75, 3.05) is 25.5 Å². The predicted octanol–water partition coefficient (Wildman–Crippen LogP) is 4.09. The van der Waals surface area contributed by atoms with Crippen molar-refractivity contribution in [1.82, 2.24) is 14.8 Å². The zero-order valence-electron chi connectivity index (χ0n) is 24.4. The number of amides is 4. The molecule has 3 N–H and O–H groups in total. The number of anilines is 1. The number of rotatable bonds is 5. The summed E-state index contributed by atoms with van der Waals surface area (Å²) in [6, 6.07) is 18.3. The van der Waals surface area contributed by atoms with Gasteiger partial charge in [-0.3, -0.25) is 24.2 Å². The molecule has 0 aliphatic carbocycles. The van der Waals surface area contributed by atoms with E-state index < -0.39 is 0 Å². The normalized spacial score (nSPS) is 15.0. The monoisotopic (exact) mass is 560 g/mol. The molecule has 218 valence electrons. The van der Waals surface area contributed by atoms with Crippen LogP contribution >= 0.6 is 0 Å². The highest BCUT2D eigenvalue weighted by Crippen LogP contribution is 2.22. The first-order chi connectivity index (χ1) is 19.6. The molecular formula is C31H40N6O4. The highest BCUT2D eigenvalue weighted by molar-refractivity contribution is 5.99. The number of nitriles is 1. The molecule has 1 aliphatic rings. The largest absolute Gasteiger partial charge is 0.372 e. The zero-order chi connectivity index (χ0) is 30.8. The van der Waals surface area contributed by atoms with E-state index >= 15 is 0 Å². The van der Waals surface area contributed by atoms with E-state index in [4.69, 9.17) is 4.79 Å². The van der Waals surface area contributed by atoms with Crippen LogP contribution in [0.25, 0.3) is 10.8 Å². The van der Waals surface area contributed by atoms with Crippen LogP contribution in [0.4, 0.5) is 5.69 Å². The molecule has 2 aromatic carbocycles. The molecule has 0 saturated carbocycles. The first-order valence-electron chi connectivity index (χ1n) is 13.3. The Labute approximate surface area is 242 Å². The van der Waals surface area contributed by atoms with Gasteiger partial charge in [0.1, 0.15) is 6.04 Å². The van der Waals surface area contributed by atoms with Crippen LogP contribution in [-0.4, -0.2) is 65.6 Å². The number of fused-ring (bicyclic) bond motifs is 1. The summed E-state index contributed by atoms with van der Waals surface area (Å²) in [6.07, 6.45) is 5.03. The molecule has 1 fully saturated rings. The second-order valence-corrected chi connectivity index (χ2v) is 10.1. The quantitative estimate of drug-likeness (QED) is 0.449. The standard InChI is InChI=1S/C19H20N4O2.C7H7NO.C4H10.CH3NO/c1-13-7-17(9-20)23(11-13)18(24)12-22(2)19(25)15-3-4-16-10-21-6-5-14(16)8-15;9-6-8-7-4-2-1-3-5-7;1-4(2)3;2-1-3/h3-6,8,10,13,17H,7,11-12H2,1-2H3;1-6H,(H,8,9);4H,1-3H3;1H,(H2,2,3). The van der Waals surface area contributed by atoms with Crippen molar-refractivity contribution in [2.45, 2.75) is 40.2 Å². The fourth-order valence-corrected chi connectivity index (χ4v) is 3.85. The molecule has 2 atom stereocenters. The molecular weight excluding hydrogens is 520 g/mol. The number of hydrogen-bond acceptors (Lipinski definition) is 6. The van der Waals surface area contributed by atoms with Crippen molar-refractivity contribution in [2.24, 2.45) is 17.6 Å². The summed E-state index contributed by atoms with van der Waals surface area (Å²) in [5.41, 5.74) is 5.52. The van der Waals surface area contributed by atoms with Gasteiger partial charge >= 0.3 is 0 Å². The number of nitrogens with one attached hydrogen (secondary N) is 1. The number of carbonyl (C=O) groups is 4. The number of para-hydroxylation sites is 1.